The average Bonchev–Trinajstić information content (AvgIpc) is 3.01. The van der Waals surface area contributed by atoms with Crippen LogP contribution < -0.4 is 19.5 Å². The van der Waals surface area contributed by atoms with Crippen LogP contribution in [0.5, 0.6) is 17.2 Å². The Morgan fingerprint density at radius 1 is 1.09 bits per heavy atom. The van der Waals surface area contributed by atoms with Crippen LogP contribution in [0, 0.1) is 0 Å². The van der Waals surface area contributed by atoms with Crippen molar-refractivity contribution in [2.24, 2.45) is 0 Å². The molecule has 2 rings (SSSR count). The first kappa shape index (κ1) is 16.9. The number of rotatable bonds is 8. The number of hydrogen-bond acceptors (Lipinski definition) is 5. The van der Waals surface area contributed by atoms with Crippen molar-refractivity contribution in [3.8, 4) is 17.2 Å². The zero-order valence-corrected chi connectivity index (χ0v) is 14.1. The quantitative estimate of drug-likeness (QED) is 0.798. The Morgan fingerprint density at radius 2 is 1.77 bits per heavy atom. The summed E-state index contributed by atoms with van der Waals surface area (Å²) in [5, 5.41) is 3.55. The van der Waals surface area contributed by atoms with Crippen molar-refractivity contribution in [2.45, 2.75) is 32.4 Å². The van der Waals surface area contributed by atoms with E-state index >= 15 is 0 Å². The van der Waals surface area contributed by atoms with E-state index in [-0.39, 0.29) is 0 Å². The van der Waals surface area contributed by atoms with Crippen molar-refractivity contribution in [3.63, 3.8) is 0 Å². The van der Waals surface area contributed by atoms with Gasteiger partial charge in [0.15, 0.2) is 11.5 Å². The molecule has 1 aromatic carbocycles. The lowest BCUT2D eigenvalue weighted by Crippen LogP contribution is -2.37. The van der Waals surface area contributed by atoms with E-state index in [1.165, 1.54) is 19.4 Å². The van der Waals surface area contributed by atoms with Gasteiger partial charge < -0.3 is 19.5 Å². The third-order valence-corrected chi connectivity index (χ3v) is 4.39. The van der Waals surface area contributed by atoms with E-state index in [0.29, 0.717) is 11.8 Å². The molecule has 1 heterocycles. The molecule has 1 N–H and O–H groups in total. The predicted octanol–water partition coefficient (Wildman–Crippen LogP) is 2.29. The molecule has 0 spiro atoms. The number of hydrogen-bond donors (Lipinski definition) is 1. The molecule has 1 saturated heterocycles. The second-order valence-corrected chi connectivity index (χ2v) is 5.57. The molecule has 0 aliphatic carbocycles. The first-order valence-electron chi connectivity index (χ1n) is 7.97. The van der Waals surface area contributed by atoms with Crippen LogP contribution in [0.15, 0.2) is 12.1 Å². The Balaban J connectivity index is 1.99. The zero-order chi connectivity index (χ0) is 15.9. The van der Waals surface area contributed by atoms with Gasteiger partial charge in [-0.2, -0.15) is 0 Å². The second kappa shape index (κ2) is 8.25. The first-order valence-corrected chi connectivity index (χ1v) is 7.97. The summed E-state index contributed by atoms with van der Waals surface area (Å²) in [6.45, 7) is 6.35. The van der Waals surface area contributed by atoms with Gasteiger partial charge in [0.1, 0.15) is 5.75 Å². The summed E-state index contributed by atoms with van der Waals surface area (Å²) in [7, 11) is 4.97. The fourth-order valence-electron chi connectivity index (χ4n) is 3.15. The monoisotopic (exact) mass is 308 g/mol. The van der Waals surface area contributed by atoms with E-state index in [0.717, 1.165) is 36.7 Å². The van der Waals surface area contributed by atoms with Crippen molar-refractivity contribution in [1.29, 1.82) is 0 Å². The molecular weight excluding hydrogens is 280 g/mol. The van der Waals surface area contributed by atoms with E-state index < -0.39 is 0 Å². The summed E-state index contributed by atoms with van der Waals surface area (Å²) < 4.78 is 16.2. The van der Waals surface area contributed by atoms with E-state index in [4.69, 9.17) is 14.2 Å². The average molecular weight is 308 g/mol. The highest BCUT2D eigenvalue weighted by Crippen LogP contribution is 2.34. The molecule has 1 unspecified atom stereocenters. The maximum Gasteiger partial charge on any atom is 0.164 e. The van der Waals surface area contributed by atoms with Crippen molar-refractivity contribution in [2.75, 3.05) is 41.0 Å². The number of ether oxygens (including phenoxy) is 3. The Bertz CT molecular complexity index is 479. The van der Waals surface area contributed by atoms with Gasteiger partial charge in [-0.15, -0.1) is 0 Å². The lowest BCUT2D eigenvalue weighted by atomic mass is 10.1. The van der Waals surface area contributed by atoms with Gasteiger partial charge in [0.2, 0.25) is 0 Å². The molecule has 1 fully saturated rings. The predicted molar refractivity (Wildman–Crippen MR) is 88.1 cm³/mol. The van der Waals surface area contributed by atoms with Crippen molar-refractivity contribution >= 4 is 0 Å². The molecule has 22 heavy (non-hydrogen) atoms. The standard InChI is InChI=1S/C17H28N2O3/c1-5-19-8-6-7-14(19)12-18-11-13-9-16(21-3)17(22-4)10-15(13)20-2/h9-10,14,18H,5-8,11-12H2,1-4H3. The SMILES string of the molecule is CCN1CCCC1CNCc1cc(OC)c(OC)cc1OC. The third-order valence-electron chi connectivity index (χ3n) is 4.39. The van der Waals surface area contributed by atoms with Crippen LogP contribution in [0.2, 0.25) is 0 Å². The van der Waals surface area contributed by atoms with Gasteiger partial charge in [-0.05, 0) is 32.0 Å². The molecule has 124 valence electrons. The summed E-state index contributed by atoms with van der Waals surface area (Å²) >= 11 is 0. The Morgan fingerprint density at radius 3 is 2.41 bits per heavy atom. The fourth-order valence-corrected chi connectivity index (χ4v) is 3.15. The Labute approximate surface area is 133 Å². The van der Waals surface area contributed by atoms with E-state index in [1.807, 2.05) is 12.1 Å². The number of nitrogens with one attached hydrogen (secondary N) is 1. The molecule has 5 nitrogen and oxygen atoms in total. The highest BCUT2D eigenvalue weighted by molar-refractivity contribution is 5.50. The summed E-state index contributed by atoms with van der Waals surface area (Å²) in [5.74, 6) is 2.25. The normalized spacial score (nSPS) is 18.5. The van der Waals surface area contributed by atoms with Gasteiger partial charge in [-0.1, -0.05) is 6.92 Å². The summed E-state index contributed by atoms with van der Waals surface area (Å²) in [6, 6.07) is 4.51. The smallest absolute Gasteiger partial charge is 0.164 e. The van der Waals surface area contributed by atoms with Crippen LogP contribution in [0.3, 0.4) is 0 Å². The van der Waals surface area contributed by atoms with Crippen molar-refractivity contribution < 1.29 is 14.2 Å². The number of likely N-dealkylation sites (N-methyl/N-ethyl adjacent to an activating group) is 1. The van der Waals surface area contributed by atoms with E-state index in [9.17, 15) is 0 Å². The van der Waals surface area contributed by atoms with Gasteiger partial charge in [0, 0.05) is 30.8 Å². The highest BCUT2D eigenvalue weighted by atomic mass is 16.5. The molecule has 1 aromatic rings. The van der Waals surface area contributed by atoms with Gasteiger partial charge in [0.25, 0.3) is 0 Å². The zero-order valence-electron chi connectivity index (χ0n) is 14.1. The molecule has 1 aliphatic rings. The van der Waals surface area contributed by atoms with Crippen molar-refractivity contribution in [3.05, 3.63) is 17.7 Å². The fraction of sp³-hybridized carbons (Fsp3) is 0.647. The Kier molecular flexibility index (Phi) is 6.34. The maximum absolute atomic E-state index is 5.47. The largest absolute Gasteiger partial charge is 0.496 e. The van der Waals surface area contributed by atoms with Crippen LogP contribution >= 0.6 is 0 Å². The van der Waals surface area contributed by atoms with Gasteiger partial charge in [-0.3, -0.25) is 4.90 Å². The minimum Gasteiger partial charge on any atom is -0.496 e. The maximum atomic E-state index is 5.47. The third kappa shape index (κ3) is 3.84. The molecule has 0 amide bonds. The highest BCUT2D eigenvalue weighted by Gasteiger charge is 2.22. The molecular formula is C17H28N2O3. The van der Waals surface area contributed by atoms with Crippen LogP contribution in [0.1, 0.15) is 25.3 Å². The van der Waals surface area contributed by atoms with Gasteiger partial charge in [0.05, 0.1) is 21.3 Å². The van der Waals surface area contributed by atoms with Crippen LogP contribution in [-0.4, -0.2) is 51.9 Å². The van der Waals surface area contributed by atoms with E-state index in [1.54, 1.807) is 21.3 Å². The number of likely N-dealkylation sites (tertiary alicyclic amines) is 1. The summed E-state index contributed by atoms with van der Waals surface area (Å²) in [4.78, 5) is 2.54. The lowest BCUT2D eigenvalue weighted by molar-refractivity contribution is 0.259. The van der Waals surface area contributed by atoms with E-state index in [2.05, 4.69) is 17.1 Å². The van der Waals surface area contributed by atoms with Gasteiger partial charge >= 0.3 is 0 Å². The topological polar surface area (TPSA) is 43.0 Å². The van der Waals surface area contributed by atoms with Gasteiger partial charge in [-0.25, -0.2) is 0 Å². The number of nitrogens with zero attached hydrogens (tertiary/aromatic N) is 1. The molecule has 5 heteroatoms. The summed E-state index contributed by atoms with van der Waals surface area (Å²) in [6.07, 6.45) is 2.59. The first-order chi connectivity index (χ1) is 10.7. The minimum atomic E-state index is 0.649. The minimum absolute atomic E-state index is 0.649. The molecule has 0 radical (unpaired) electrons. The Hall–Kier alpha value is -1.46. The summed E-state index contributed by atoms with van der Waals surface area (Å²) in [5.41, 5.74) is 1.08. The molecule has 0 aromatic heterocycles. The van der Waals surface area contributed by atoms with Crippen LogP contribution in [-0.2, 0) is 6.54 Å². The van der Waals surface area contributed by atoms with Crippen molar-refractivity contribution in [1.82, 2.24) is 10.2 Å². The molecule has 0 bridgehead atoms. The molecule has 1 aliphatic heterocycles. The van der Waals surface area contributed by atoms with Crippen LogP contribution in [0.4, 0.5) is 0 Å². The lowest BCUT2D eigenvalue weighted by Gasteiger charge is -2.23. The molecule has 1 atom stereocenters. The van der Waals surface area contributed by atoms with Crippen LogP contribution in [0.25, 0.3) is 0 Å². The molecule has 0 saturated carbocycles. The second-order valence-electron chi connectivity index (χ2n) is 5.57. The number of methoxy groups -OCH3 is 3. The number of benzene rings is 1.